The Hall–Kier alpha value is -3.05. The van der Waals surface area contributed by atoms with Gasteiger partial charge >= 0.3 is 0 Å². The Kier molecular flexibility index (Phi) is 5.71. The van der Waals surface area contributed by atoms with Gasteiger partial charge in [0.1, 0.15) is 5.76 Å². The van der Waals surface area contributed by atoms with Crippen molar-refractivity contribution in [1.82, 2.24) is 25.1 Å². The second-order valence-corrected chi connectivity index (χ2v) is 6.70. The van der Waals surface area contributed by atoms with Crippen LogP contribution < -0.4 is 5.32 Å². The van der Waals surface area contributed by atoms with Crippen molar-refractivity contribution in [1.29, 1.82) is 0 Å². The summed E-state index contributed by atoms with van der Waals surface area (Å²) < 4.78 is 7.36. The molecule has 1 unspecified atom stereocenters. The van der Waals surface area contributed by atoms with Gasteiger partial charge in [-0.05, 0) is 31.2 Å². The van der Waals surface area contributed by atoms with Crippen molar-refractivity contribution in [2.45, 2.75) is 23.9 Å². The standard InChI is InChI=1S/C18H17N5O2S/c1-3-8-20-17(24)13(2)26-18-22-21-16(14-6-4-9-19-11-14)23(18)12-15-7-5-10-25-15/h1,4-7,9-11,13H,8,12H2,2H3,(H,20,24). The van der Waals surface area contributed by atoms with E-state index in [1.807, 2.05) is 28.8 Å². The fraction of sp³-hybridized carbons (Fsp3) is 0.222. The third kappa shape index (κ3) is 4.13. The second-order valence-electron chi connectivity index (χ2n) is 5.40. The van der Waals surface area contributed by atoms with Gasteiger partial charge < -0.3 is 9.73 Å². The lowest BCUT2D eigenvalue weighted by Gasteiger charge is -2.12. The van der Waals surface area contributed by atoms with Crippen LogP contribution in [0.4, 0.5) is 0 Å². The summed E-state index contributed by atoms with van der Waals surface area (Å²) in [6, 6.07) is 7.45. The van der Waals surface area contributed by atoms with Crippen LogP contribution in [0.15, 0.2) is 52.5 Å². The number of aromatic nitrogens is 4. The largest absolute Gasteiger partial charge is 0.467 e. The van der Waals surface area contributed by atoms with E-state index in [-0.39, 0.29) is 17.7 Å². The topological polar surface area (TPSA) is 85.8 Å². The Morgan fingerprint density at radius 2 is 2.31 bits per heavy atom. The molecule has 3 rings (SSSR count). The predicted molar refractivity (Wildman–Crippen MR) is 98.2 cm³/mol. The van der Waals surface area contributed by atoms with Crippen LogP contribution in [0.2, 0.25) is 0 Å². The summed E-state index contributed by atoms with van der Waals surface area (Å²) in [7, 11) is 0. The molecule has 26 heavy (non-hydrogen) atoms. The average Bonchev–Trinajstić information content (AvgIpc) is 3.31. The lowest BCUT2D eigenvalue weighted by molar-refractivity contribution is -0.120. The van der Waals surface area contributed by atoms with Gasteiger partial charge in [-0.1, -0.05) is 17.7 Å². The maximum Gasteiger partial charge on any atom is 0.234 e. The molecule has 3 aromatic rings. The smallest absolute Gasteiger partial charge is 0.234 e. The molecule has 0 saturated heterocycles. The first-order valence-corrected chi connectivity index (χ1v) is 8.81. The molecule has 1 amide bonds. The highest BCUT2D eigenvalue weighted by Crippen LogP contribution is 2.27. The van der Waals surface area contributed by atoms with Crippen LogP contribution in [-0.4, -0.2) is 37.5 Å². The maximum absolute atomic E-state index is 12.1. The van der Waals surface area contributed by atoms with Crippen molar-refractivity contribution in [2.75, 3.05) is 6.54 Å². The van der Waals surface area contributed by atoms with Gasteiger partial charge in [0.25, 0.3) is 0 Å². The quantitative estimate of drug-likeness (QED) is 0.509. The fourth-order valence-electron chi connectivity index (χ4n) is 2.28. The van der Waals surface area contributed by atoms with Gasteiger partial charge in [0.05, 0.1) is 24.6 Å². The van der Waals surface area contributed by atoms with Crippen LogP contribution >= 0.6 is 11.8 Å². The number of hydrogen-bond donors (Lipinski definition) is 1. The molecule has 8 heteroatoms. The minimum absolute atomic E-state index is 0.150. The van der Waals surface area contributed by atoms with Gasteiger partial charge in [-0.2, -0.15) is 0 Å². The summed E-state index contributed by atoms with van der Waals surface area (Å²) in [5.41, 5.74) is 0.836. The van der Waals surface area contributed by atoms with E-state index in [1.54, 1.807) is 25.6 Å². The lowest BCUT2D eigenvalue weighted by Crippen LogP contribution is -2.31. The zero-order valence-electron chi connectivity index (χ0n) is 14.1. The number of carbonyl (C=O) groups excluding carboxylic acids is 1. The lowest BCUT2D eigenvalue weighted by atomic mass is 10.2. The van der Waals surface area contributed by atoms with Crippen LogP contribution in [0, 0.1) is 12.3 Å². The first-order chi connectivity index (χ1) is 12.7. The third-order valence-electron chi connectivity index (χ3n) is 3.55. The summed E-state index contributed by atoms with van der Waals surface area (Å²) in [6.45, 7) is 2.45. The summed E-state index contributed by atoms with van der Waals surface area (Å²) >= 11 is 1.31. The summed E-state index contributed by atoms with van der Waals surface area (Å²) in [5.74, 6) is 3.67. The molecule has 132 valence electrons. The molecule has 3 aromatic heterocycles. The van der Waals surface area contributed by atoms with E-state index in [9.17, 15) is 4.79 Å². The number of carbonyl (C=O) groups is 1. The zero-order valence-corrected chi connectivity index (χ0v) is 14.9. The number of pyridine rings is 1. The first kappa shape index (κ1) is 17.8. The van der Waals surface area contributed by atoms with E-state index < -0.39 is 0 Å². The highest BCUT2D eigenvalue weighted by Gasteiger charge is 2.21. The molecule has 0 aliphatic carbocycles. The Labute approximate surface area is 155 Å². The van der Waals surface area contributed by atoms with Gasteiger partial charge in [-0.25, -0.2) is 0 Å². The molecule has 0 aromatic carbocycles. The molecule has 0 saturated carbocycles. The number of furan rings is 1. The van der Waals surface area contributed by atoms with Crippen molar-refractivity contribution >= 4 is 17.7 Å². The van der Waals surface area contributed by atoms with E-state index >= 15 is 0 Å². The number of nitrogens with zero attached hydrogens (tertiary/aromatic N) is 4. The highest BCUT2D eigenvalue weighted by molar-refractivity contribution is 8.00. The van der Waals surface area contributed by atoms with E-state index in [4.69, 9.17) is 10.8 Å². The molecule has 0 radical (unpaired) electrons. The van der Waals surface area contributed by atoms with Gasteiger partial charge in [0.2, 0.25) is 5.91 Å². The average molecular weight is 367 g/mol. The summed E-state index contributed by atoms with van der Waals surface area (Å²) in [5, 5.41) is 11.5. The van der Waals surface area contributed by atoms with E-state index in [0.717, 1.165) is 11.3 Å². The molecule has 7 nitrogen and oxygen atoms in total. The van der Waals surface area contributed by atoms with Crippen LogP contribution in [-0.2, 0) is 11.3 Å². The predicted octanol–water partition coefficient (Wildman–Crippen LogP) is 2.21. The minimum atomic E-state index is -0.371. The highest BCUT2D eigenvalue weighted by atomic mass is 32.2. The molecule has 0 spiro atoms. The molecular formula is C18H17N5O2S. The molecule has 0 fully saturated rings. The summed E-state index contributed by atoms with van der Waals surface area (Å²) in [6.07, 6.45) is 10.2. The Bertz CT molecular complexity index is 900. The Balaban J connectivity index is 1.88. The number of amides is 1. The van der Waals surface area contributed by atoms with Crippen LogP contribution in [0.25, 0.3) is 11.4 Å². The van der Waals surface area contributed by atoms with Gasteiger partial charge in [-0.3, -0.25) is 14.3 Å². The van der Waals surface area contributed by atoms with Crippen molar-refractivity contribution in [3.8, 4) is 23.7 Å². The maximum atomic E-state index is 12.1. The van der Waals surface area contributed by atoms with E-state index in [0.29, 0.717) is 17.5 Å². The molecule has 3 heterocycles. The molecule has 1 atom stereocenters. The Morgan fingerprint density at radius 1 is 1.42 bits per heavy atom. The van der Waals surface area contributed by atoms with Crippen molar-refractivity contribution in [2.24, 2.45) is 0 Å². The van der Waals surface area contributed by atoms with E-state index in [1.165, 1.54) is 11.8 Å². The van der Waals surface area contributed by atoms with Crippen molar-refractivity contribution in [3.63, 3.8) is 0 Å². The second kappa shape index (κ2) is 8.36. The minimum Gasteiger partial charge on any atom is -0.467 e. The SMILES string of the molecule is C#CCNC(=O)C(C)Sc1nnc(-c2cccnc2)n1Cc1ccco1. The van der Waals surface area contributed by atoms with Gasteiger partial charge in [-0.15, -0.1) is 16.6 Å². The van der Waals surface area contributed by atoms with Crippen LogP contribution in [0.5, 0.6) is 0 Å². The number of hydrogen-bond acceptors (Lipinski definition) is 6. The number of thioether (sulfide) groups is 1. The molecule has 0 aliphatic heterocycles. The molecular weight excluding hydrogens is 350 g/mol. The zero-order chi connectivity index (χ0) is 18.4. The monoisotopic (exact) mass is 367 g/mol. The molecule has 0 aliphatic rings. The van der Waals surface area contributed by atoms with Crippen LogP contribution in [0.3, 0.4) is 0 Å². The fourth-order valence-corrected chi connectivity index (χ4v) is 3.15. The number of terminal acetylenes is 1. The first-order valence-electron chi connectivity index (χ1n) is 7.93. The van der Waals surface area contributed by atoms with Crippen molar-refractivity contribution in [3.05, 3.63) is 48.7 Å². The van der Waals surface area contributed by atoms with Gasteiger partial charge in [0, 0.05) is 18.0 Å². The summed E-state index contributed by atoms with van der Waals surface area (Å²) in [4.78, 5) is 16.2. The molecule has 1 N–H and O–H groups in total. The van der Waals surface area contributed by atoms with Gasteiger partial charge in [0.15, 0.2) is 11.0 Å². The Morgan fingerprint density at radius 3 is 3.00 bits per heavy atom. The van der Waals surface area contributed by atoms with Crippen molar-refractivity contribution < 1.29 is 9.21 Å². The number of nitrogens with one attached hydrogen (secondary N) is 1. The van der Waals surface area contributed by atoms with Crippen LogP contribution in [0.1, 0.15) is 12.7 Å². The molecule has 0 bridgehead atoms. The normalized spacial score (nSPS) is 11.7. The number of rotatable bonds is 7. The van der Waals surface area contributed by atoms with E-state index in [2.05, 4.69) is 26.4 Å². The third-order valence-corrected chi connectivity index (χ3v) is 4.63.